The number of methoxy groups -OCH3 is 1. The fourth-order valence-electron chi connectivity index (χ4n) is 4.00. The Morgan fingerprint density at radius 1 is 1.23 bits per heavy atom. The number of nitrogens with zero attached hydrogens (tertiary/aromatic N) is 3. The molecule has 0 amide bonds. The Kier molecular flexibility index (Phi) is 5.95. The Bertz CT molecular complexity index is 1120. The summed E-state index contributed by atoms with van der Waals surface area (Å²) in [5, 5.41) is 18.8. The third kappa shape index (κ3) is 4.27. The molecule has 1 saturated heterocycles. The first kappa shape index (κ1) is 20.9. The number of rotatable bonds is 4. The van der Waals surface area contributed by atoms with E-state index in [4.69, 9.17) is 22.1 Å². The molecule has 3 aromatic rings. The minimum Gasteiger partial charge on any atom is -0.507 e. The third-order valence-corrected chi connectivity index (χ3v) is 5.93. The van der Waals surface area contributed by atoms with Crippen molar-refractivity contribution in [1.82, 2.24) is 10.2 Å². The first-order valence-electron chi connectivity index (χ1n) is 10.0. The Morgan fingerprint density at radius 3 is 2.77 bits per heavy atom. The second-order valence-corrected chi connectivity index (χ2v) is 7.94. The molecule has 1 fully saturated rings. The lowest BCUT2D eigenvalue weighted by Crippen LogP contribution is -2.35. The molecule has 7 nitrogen and oxygen atoms in total. The lowest BCUT2D eigenvalue weighted by molar-refractivity contribution is 0.0601. The molecule has 3 N–H and O–H groups in total. The molecule has 8 heteroatoms. The summed E-state index contributed by atoms with van der Waals surface area (Å²) in [6.45, 7) is 1.56. The highest BCUT2D eigenvalue weighted by Gasteiger charge is 2.25. The number of nitrogen functional groups attached to an aromatic ring is 1. The summed E-state index contributed by atoms with van der Waals surface area (Å²) in [4.78, 5) is 14.0. The normalized spacial score (nSPS) is 16.2. The number of hydrogen-bond acceptors (Lipinski definition) is 7. The molecule has 0 spiro atoms. The second kappa shape index (κ2) is 8.81. The van der Waals surface area contributed by atoms with Gasteiger partial charge in [-0.15, -0.1) is 10.2 Å². The molecular formula is C23H23ClN4O3. The molecule has 0 aliphatic carbocycles. The van der Waals surface area contributed by atoms with Gasteiger partial charge in [0.2, 0.25) is 0 Å². The van der Waals surface area contributed by atoms with Gasteiger partial charge in [0.05, 0.1) is 29.1 Å². The highest BCUT2D eigenvalue weighted by molar-refractivity contribution is 6.33. The van der Waals surface area contributed by atoms with Gasteiger partial charge in [0.25, 0.3) is 0 Å². The summed E-state index contributed by atoms with van der Waals surface area (Å²) in [7, 11) is 1.34. The van der Waals surface area contributed by atoms with Crippen LogP contribution in [0.3, 0.4) is 0 Å². The van der Waals surface area contributed by atoms with Gasteiger partial charge >= 0.3 is 5.97 Å². The van der Waals surface area contributed by atoms with Crippen LogP contribution in [0.4, 0.5) is 11.5 Å². The van der Waals surface area contributed by atoms with Crippen LogP contribution >= 0.6 is 11.6 Å². The number of aromatic nitrogens is 2. The largest absolute Gasteiger partial charge is 0.507 e. The number of ether oxygens (including phenoxy) is 1. The van der Waals surface area contributed by atoms with E-state index in [-0.39, 0.29) is 11.7 Å². The molecule has 2 heterocycles. The van der Waals surface area contributed by atoms with Crippen LogP contribution in [-0.4, -0.2) is 41.5 Å². The summed E-state index contributed by atoms with van der Waals surface area (Å²) in [5.74, 6) is 0.261. The number of anilines is 2. The van der Waals surface area contributed by atoms with Crippen LogP contribution in [0.5, 0.6) is 5.75 Å². The highest BCUT2D eigenvalue weighted by atomic mass is 35.5. The van der Waals surface area contributed by atoms with Gasteiger partial charge in [-0.25, -0.2) is 4.79 Å². The maximum Gasteiger partial charge on any atom is 0.339 e. The number of benzene rings is 2. The van der Waals surface area contributed by atoms with Crippen molar-refractivity contribution in [3.05, 3.63) is 64.7 Å². The van der Waals surface area contributed by atoms with Crippen LogP contribution in [0.1, 0.15) is 34.7 Å². The van der Waals surface area contributed by atoms with Gasteiger partial charge in [-0.3, -0.25) is 0 Å². The summed E-state index contributed by atoms with van der Waals surface area (Å²) in [5.41, 5.74) is 9.54. The number of esters is 1. The smallest absolute Gasteiger partial charge is 0.339 e. The number of carbonyl (C=O) groups excluding carboxylic acids is 1. The van der Waals surface area contributed by atoms with Gasteiger partial charge in [0.1, 0.15) is 5.75 Å². The van der Waals surface area contributed by atoms with Crippen molar-refractivity contribution >= 4 is 29.1 Å². The Labute approximate surface area is 185 Å². The van der Waals surface area contributed by atoms with Crippen molar-refractivity contribution in [3.63, 3.8) is 0 Å². The minimum atomic E-state index is -0.450. The maximum absolute atomic E-state index is 11.8. The fraction of sp³-hybridized carbons (Fsp3) is 0.261. The van der Waals surface area contributed by atoms with E-state index in [0.29, 0.717) is 27.7 Å². The lowest BCUT2D eigenvalue weighted by Gasteiger charge is -2.35. The van der Waals surface area contributed by atoms with Crippen molar-refractivity contribution in [1.29, 1.82) is 0 Å². The molecule has 1 aliphatic rings. The van der Waals surface area contributed by atoms with E-state index >= 15 is 0 Å². The minimum absolute atomic E-state index is 0.143. The predicted molar refractivity (Wildman–Crippen MR) is 121 cm³/mol. The topological polar surface area (TPSA) is 102 Å². The molecule has 160 valence electrons. The standard InChI is InChI=1S/C23H23ClN4O3/c1-31-23(30)16-9-8-14(11-18(16)24)15-5-4-10-28(13-15)20-12-19(26-27-22(20)25)17-6-2-3-7-21(17)29/h2-3,6-9,11-12,15,29H,4-5,10,13H2,1H3,(H2,25,27). The number of carbonyl (C=O) groups is 1. The van der Waals surface area contributed by atoms with Crippen molar-refractivity contribution < 1.29 is 14.6 Å². The van der Waals surface area contributed by atoms with Crippen LogP contribution in [0.25, 0.3) is 11.3 Å². The maximum atomic E-state index is 11.8. The average Bonchev–Trinajstić information content (AvgIpc) is 2.79. The van der Waals surface area contributed by atoms with Crippen molar-refractivity contribution in [2.75, 3.05) is 30.8 Å². The van der Waals surface area contributed by atoms with Crippen molar-refractivity contribution in [2.45, 2.75) is 18.8 Å². The Morgan fingerprint density at radius 2 is 2.03 bits per heavy atom. The number of aromatic hydroxyl groups is 1. The molecule has 2 aromatic carbocycles. The first-order valence-corrected chi connectivity index (χ1v) is 10.4. The molecule has 4 rings (SSSR count). The van der Waals surface area contributed by atoms with Gasteiger partial charge in [-0.1, -0.05) is 29.8 Å². The number of phenols is 1. The number of piperidine rings is 1. The SMILES string of the molecule is COC(=O)c1ccc(C2CCCN(c3cc(-c4ccccc4O)nnc3N)C2)cc1Cl. The summed E-state index contributed by atoms with van der Waals surface area (Å²) >= 11 is 6.33. The second-order valence-electron chi connectivity index (χ2n) is 7.53. The first-order chi connectivity index (χ1) is 15.0. The van der Waals surface area contributed by atoms with Gasteiger partial charge in [-0.05, 0) is 48.7 Å². The van der Waals surface area contributed by atoms with Crippen LogP contribution in [0.2, 0.25) is 5.02 Å². The number of hydrogen-bond donors (Lipinski definition) is 2. The van der Waals surface area contributed by atoms with Gasteiger partial charge in [0.15, 0.2) is 5.82 Å². The van der Waals surface area contributed by atoms with E-state index in [1.807, 2.05) is 24.3 Å². The molecule has 31 heavy (non-hydrogen) atoms. The zero-order chi connectivity index (χ0) is 22.0. The zero-order valence-electron chi connectivity index (χ0n) is 17.1. The van der Waals surface area contributed by atoms with E-state index in [9.17, 15) is 9.90 Å². The van der Waals surface area contributed by atoms with Gasteiger partial charge < -0.3 is 20.5 Å². The summed E-state index contributed by atoms with van der Waals surface area (Å²) < 4.78 is 4.77. The van der Waals surface area contributed by atoms with Crippen LogP contribution in [-0.2, 0) is 4.74 Å². The lowest BCUT2D eigenvalue weighted by atomic mass is 9.89. The van der Waals surface area contributed by atoms with E-state index < -0.39 is 5.97 Å². The van der Waals surface area contributed by atoms with Gasteiger partial charge in [0, 0.05) is 24.6 Å². The van der Waals surface area contributed by atoms with Crippen molar-refractivity contribution in [2.24, 2.45) is 0 Å². The molecule has 1 aromatic heterocycles. The quantitative estimate of drug-likeness (QED) is 0.587. The Hall–Kier alpha value is -3.32. The van der Waals surface area contributed by atoms with E-state index in [2.05, 4.69) is 15.1 Å². The highest BCUT2D eigenvalue weighted by Crippen LogP contribution is 2.36. The molecule has 0 saturated carbocycles. The number of phenolic OH excluding ortho intramolecular Hbond substituents is 1. The van der Waals surface area contributed by atoms with E-state index in [1.54, 1.807) is 24.3 Å². The number of para-hydroxylation sites is 1. The van der Waals surface area contributed by atoms with Crippen LogP contribution in [0.15, 0.2) is 48.5 Å². The average molecular weight is 439 g/mol. The zero-order valence-corrected chi connectivity index (χ0v) is 17.8. The van der Waals surface area contributed by atoms with E-state index in [0.717, 1.165) is 37.2 Å². The molecular weight excluding hydrogens is 416 g/mol. The molecule has 0 bridgehead atoms. The summed E-state index contributed by atoms with van der Waals surface area (Å²) in [6, 6.07) is 14.3. The molecule has 1 aliphatic heterocycles. The van der Waals surface area contributed by atoms with E-state index in [1.165, 1.54) is 7.11 Å². The van der Waals surface area contributed by atoms with Gasteiger partial charge in [-0.2, -0.15) is 0 Å². The van der Waals surface area contributed by atoms with Crippen molar-refractivity contribution in [3.8, 4) is 17.0 Å². The number of halogens is 1. The fourth-order valence-corrected chi connectivity index (χ4v) is 4.26. The summed E-state index contributed by atoms with van der Waals surface area (Å²) in [6.07, 6.45) is 1.96. The van der Waals surface area contributed by atoms with Crippen LogP contribution < -0.4 is 10.6 Å². The molecule has 0 radical (unpaired) electrons. The molecule has 1 atom stereocenters. The predicted octanol–water partition coefficient (Wildman–Crippen LogP) is 4.26. The third-order valence-electron chi connectivity index (χ3n) is 5.61. The Balaban J connectivity index is 1.61. The molecule has 1 unspecified atom stereocenters. The monoisotopic (exact) mass is 438 g/mol. The van der Waals surface area contributed by atoms with Crippen LogP contribution in [0, 0.1) is 0 Å². The number of nitrogens with two attached hydrogens (primary N) is 1.